The lowest BCUT2D eigenvalue weighted by Gasteiger charge is -2.20. The van der Waals surface area contributed by atoms with Gasteiger partial charge in [-0.2, -0.15) is 0 Å². The number of aromatic nitrogens is 1. The molecule has 18 heavy (non-hydrogen) atoms. The van der Waals surface area contributed by atoms with E-state index in [1.807, 2.05) is 6.92 Å². The smallest absolute Gasteiger partial charge is 0.270 e. The molecule has 1 aromatic heterocycles. The summed E-state index contributed by atoms with van der Waals surface area (Å²) in [4.78, 5) is 14.0. The molecule has 1 amide bonds. The van der Waals surface area contributed by atoms with Crippen molar-refractivity contribution < 1.29 is 13.2 Å². The van der Waals surface area contributed by atoms with Crippen molar-refractivity contribution in [2.45, 2.75) is 30.7 Å². The van der Waals surface area contributed by atoms with E-state index in [0.717, 1.165) is 12.8 Å². The van der Waals surface area contributed by atoms with Gasteiger partial charge in [0.2, 0.25) is 10.0 Å². The van der Waals surface area contributed by atoms with Gasteiger partial charge in [-0.05, 0) is 25.8 Å². The maximum absolute atomic E-state index is 12.3. The van der Waals surface area contributed by atoms with E-state index in [9.17, 15) is 13.2 Å². The molecule has 1 aliphatic carbocycles. The van der Waals surface area contributed by atoms with Gasteiger partial charge in [0, 0.05) is 25.8 Å². The molecular formula is C11H17N3O3S. The first-order valence-electron chi connectivity index (χ1n) is 5.84. The van der Waals surface area contributed by atoms with E-state index in [4.69, 9.17) is 5.14 Å². The Balaban J connectivity index is 2.33. The number of carbonyl (C=O) groups excluding carboxylic acids is 1. The molecule has 0 aliphatic heterocycles. The lowest BCUT2D eigenvalue weighted by atomic mass is 10.3. The van der Waals surface area contributed by atoms with Crippen LogP contribution >= 0.6 is 0 Å². The number of nitrogens with zero attached hydrogens (tertiary/aromatic N) is 2. The molecule has 2 N–H and O–H groups in total. The second kappa shape index (κ2) is 4.40. The van der Waals surface area contributed by atoms with Gasteiger partial charge in [-0.1, -0.05) is 0 Å². The first-order chi connectivity index (χ1) is 8.34. The second-order valence-electron chi connectivity index (χ2n) is 4.54. The predicted molar refractivity (Wildman–Crippen MR) is 66.5 cm³/mol. The Bertz CT molecular complexity index is 572. The van der Waals surface area contributed by atoms with Crippen LogP contribution in [-0.4, -0.2) is 36.4 Å². The molecule has 1 saturated carbocycles. The summed E-state index contributed by atoms with van der Waals surface area (Å²) in [5.74, 6) is -0.141. The maximum Gasteiger partial charge on any atom is 0.270 e. The highest BCUT2D eigenvalue weighted by Crippen LogP contribution is 2.28. The zero-order chi connectivity index (χ0) is 13.5. The molecule has 0 saturated heterocycles. The molecule has 0 aromatic carbocycles. The number of nitrogens with two attached hydrogens (primary N) is 1. The van der Waals surface area contributed by atoms with Crippen molar-refractivity contribution in [3.63, 3.8) is 0 Å². The third-order valence-electron chi connectivity index (χ3n) is 3.12. The van der Waals surface area contributed by atoms with Gasteiger partial charge in [-0.15, -0.1) is 0 Å². The van der Waals surface area contributed by atoms with Crippen LogP contribution in [-0.2, 0) is 17.1 Å². The molecule has 6 nitrogen and oxygen atoms in total. The van der Waals surface area contributed by atoms with Crippen LogP contribution in [0.2, 0.25) is 0 Å². The Morgan fingerprint density at radius 2 is 2.17 bits per heavy atom. The zero-order valence-electron chi connectivity index (χ0n) is 10.5. The van der Waals surface area contributed by atoms with E-state index in [-0.39, 0.29) is 10.8 Å². The van der Waals surface area contributed by atoms with Crippen molar-refractivity contribution in [3.8, 4) is 0 Å². The lowest BCUT2D eigenvalue weighted by Crippen LogP contribution is -2.33. The van der Waals surface area contributed by atoms with E-state index < -0.39 is 10.0 Å². The van der Waals surface area contributed by atoms with Crippen LogP contribution in [0.15, 0.2) is 17.2 Å². The molecule has 1 fully saturated rings. The van der Waals surface area contributed by atoms with Gasteiger partial charge in [0.15, 0.2) is 0 Å². The van der Waals surface area contributed by atoms with E-state index in [2.05, 4.69) is 0 Å². The molecule has 2 rings (SSSR count). The Labute approximate surface area is 106 Å². The highest BCUT2D eigenvalue weighted by molar-refractivity contribution is 7.89. The van der Waals surface area contributed by atoms with Crippen molar-refractivity contribution in [1.29, 1.82) is 0 Å². The maximum atomic E-state index is 12.3. The van der Waals surface area contributed by atoms with Crippen LogP contribution in [0.4, 0.5) is 0 Å². The van der Waals surface area contributed by atoms with Crippen LogP contribution in [0, 0.1) is 0 Å². The average Bonchev–Trinajstić information content (AvgIpc) is 3.00. The number of hydrogen-bond acceptors (Lipinski definition) is 3. The average molecular weight is 271 g/mol. The van der Waals surface area contributed by atoms with Crippen LogP contribution in [0.5, 0.6) is 0 Å². The number of sulfonamides is 1. The third kappa shape index (κ3) is 2.41. The molecule has 7 heteroatoms. The number of primary sulfonamides is 1. The molecule has 0 spiro atoms. The molecule has 0 unspecified atom stereocenters. The summed E-state index contributed by atoms with van der Waals surface area (Å²) in [6, 6.07) is 1.64. The van der Waals surface area contributed by atoms with Gasteiger partial charge in [0.05, 0.1) is 0 Å². The van der Waals surface area contributed by atoms with Crippen LogP contribution in [0.3, 0.4) is 0 Å². The summed E-state index contributed by atoms with van der Waals surface area (Å²) in [5.41, 5.74) is 0.354. The van der Waals surface area contributed by atoms with Crippen LogP contribution in [0.1, 0.15) is 30.3 Å². The number of hydrogen-bond donors (Lipinski definition) is 1. The van der Waals surface area contributed by atoms with Crippen molar-refractivity contribution in [3.05, 3.63) is 18.0 Å². The quantitative estimate of drug-likeness (QED) is 0.854. The Hall–Kier alpha value is -1.34. The minimum absolute atomic E-state index is 0.0276. The highest BCUT2D eigenvalue weighted by atomic mass is 32.2. The van der Waals surface area contributed by atoms with Gasteiger partial charge >= 0.3 is 0 Å². The van der Waals surface area contributed by atoms with E-state index in [1.165, 1.54) is 16.8 Å². The molecule has 1 aliphatic rings. The summed E-state index contributed by atoms with van der Waals surface area (Å²) in [6.45, 7) is 2.54. The van der Waals surface area contributed by atoms with E-state index in [0.29, 0.717) is 18.3 Å². The minimum atomic E-state index is -3.77. The highest BCUT2D eigenvalue weighted by Gasteiger charge is 2.33. The Morgan fingerprint density at radius 3 is 2.56 bits per heavy atom. The summed E-state index contributed by atoms with van der Waals surface area (Å²) in [5, 5.41) is 5.05. The van der Waals surface area contributed by atoms with Gasteiger partial charge in [-0.25, -0.2) is 13.6 Å². The SMILES string of the molecule is CCN(C(=O)c1cc(S(N)(=O)=O)cn1C)C1CC1. The van der Waals surface area contributed by atoms with Gasteiger partial charge in [0.25, 0.3) is 5.91 Å². The summed E-state index contributed by atoms with van der Waals surface area (Å²) in [6.07, 6.45) is 3.40. The molecule has 0 atom stereocenters. The molecule has 1 heterocycles. The van der Waals surface area contributed by atoms with Gasteiger partial charge in [0.1, 0.15) is 10.6 Å². The topological polar surface area (TPSA) is 85.4 Å². The van der Waals surface area contributed by atoms with Gasteiger partial charge < -0.3 is 9.47 Å². The van der Waals surface area contributed by atoms with E-state index >= 15 is 0 Å². The Morgan fingerprint density at radius 1 is 1.56 bits per heavy atom. The van der Waals surface area contributed by atoms with Crippen molar-refractivity contribution in [2.24, 2.45) is 12.2 Å². The Kier molecular flexibility index (Phi) is 3.20. The summed E-state index contributed by atoms with van der Waals surface area (Å²) < 4.78 is 24.0. The summed E-state index contributed by atoms with van der Waals surface area (Å²) >= 11 is 0. The predicted octanol–water partition coefficient (Wildman–Crippen LogP) is 0.297. The molecule has 100 valence electrons. The summed E-state index contributed by atoms with van der Waals surface area (Å²) in [7, 11) is -2.13. The van der Waals surface area contributed by atoms with Crippen molar-refractivity contribution in [2.75, 3.05) is 6.54 Å². The number of rotatable bonds is 4. The van der Waals surface area contributed by atoms with Gasteiger partial charge in [-0.3, -0.25) is 4.79 Å². The van der Waals surface area contributed by atoms with Crippen molar-refractivity contribution in [1.82, 2.24) is 9.47 Å². The fourth-order valence-corrected chi connectivity index (χ4v) is 2.58. The second-order valence-corrected chi connectivity index (χ2v) is 6.10. The standard InChI is InChI=1S/C11H17N3O3S/c1-3-14(8-4-5-8)11(15)10-6-9(7-13(10)2)18(12,16)17/h6-8H,3-5H2,1-2H3,(H2,12,16,17). The first kappa shape index (κ1) is 13.1. The number of aryl methyl sites for hydroxylation is 1. The lowest BCUT2D eigenvalue weighted by molar-refractivity contribution is 0.0743. The number of carbonyl (C=O) groups is 1. The first-order valence-corrected chi connectivity index (χ1v) is 7.39. The zero-order valence-corrected chi connectivity index (χ0v) is 11.3. The molecule has 1 aromatic rings. The molecular weight excluding hydrogens is 254 g/mol. The van der Waals surface area contributed by atoms with E-state index in [1.54, 1.807) is 11.9 Å². The van der Waals surface area contributed by atoms with Crippen LogP contribution < -0.4 is 5.14 Å². The monoisotopic (exact) mass is 271 g/mol. The minimum Gasteiger partial charge on any atom is -0.345 e. The fraction of sp³-hybridized carbons (Fsp3) is 0.545. The van der Waals surface area contributed by atoms with Crippen molar-refractivity contribution >= 4 is 15.9 Å². The normalized spacial score (nSPS) is 15.7. The molecule has 0 radical (unpaired) electrons. The largest absolute Gasteiger partial charge is 0.345 e. The third-order valence-corrected chi connectivity index (χ3v) is 4.00. The molecule has 0 bridgehead atoms. The fourth-order valence-electron chi connectivity index (χ4n) is 2.00. The number of amides is 1. The van der Waals surface area contributed by atoms with Crippen LogP contribution in [0.25, 0.3) is 0 Å².